The van der Waals surface area contributed by atoms with Crippen LogP contribution in [0.2, 0.25) is 5.02 Å². The predicted molar refractivity (Wildman–Crippen MR) is 79.0 cm³/mol. The second-order valence-electron chi connectivity index (χ2n) is 4.98. The molecule has 0 saturated carbocycles. The van der Waals surface area contributed by atoms with Gasteiger partial charge < -0.3 is 20.3 Å². The van der Waals surface area contributed by atoms with E-state index < -0.39 is 0 Å². The second kappa shape index (κ2) is 6.92. The number of likely N-dealkylation sites (N-methyl/N-ethyl adjacent to an activating group) is 1. The first-order chi connectivity index (χ1) is 9.60. The van der Waals surface area contributed by atoms with E-state index in [2.05, 4.69) is 4.90 Å². The molecule has 0 spiro atoms. The first-order valence-corrected chi connectivity index (χ1v) is 7.04. The molecule has 1 aliphatic heterocycles. The standard InChI is InChI=1S/C14H20ClN3O2/c1-17-5-6-18(12(8-16)9-17)14(19)10-20-13-4-2-3-11(15)7-13/h2-4,7,12H,5-6,8-10,16H2,1H3. The van der Waals surface area contributed by atoms with Crippen LogP contribution in [-0.2, 0) is 4.79 Å². The fourth-order valence-corrected chi connectivity index (χ4v) is 2.51. The van der Waals surface area contributed by atoms with Gasteiger partial charge in [-0.3, -0.25) is 4.79 Å². The SMILES string of the molecule is CN1CCN(C(=O)COc2cccc(Cl)c2)C(CN)C1. The van der Waals surface area contributed by atoms with Crippen LogP contribution in [0, 0.1) is 0 Å². The maximum atomic E-state index is 12.2. The van der Waals surface area contributed by atoms with Crippen molar-refractivity contribution >= 4 is 17.5 Å². The summed E-state index contributed by atoms with van der Waals surface area (Å²) in [5.41, 5.74) is 5.74. The lowest BCUT2D eigenvalue weighted by Gasteiger charge is -2.39. The molecule has 0 aliphatic carbocycles. The first-order valence-electron chi connectivity index (χ1n) is 6.66. The fourth-order valence-electron chi connectivity index (χ4n) is 2.33. The maximum Gasteiger partial charge on any atom is 0.260 e. The number of carbonyl (C=O) groups is 1. The highest BCUT2D eigenvalue weighted by atomic mass is 35.5. The fraction of sp³-hybridized carbons (Fsp3) is 0.500. The Morgan fingerprint density at radius 3 is 3.00 bits per heavy atom. The summed E-state index contributed by atoms with van der Waals surface area (Å²) in [4.78, 5) is 16.2. The average Bonchev–Trinajstić information content (AvgIpc) is 2.44. The Balaban J connectivity index is 1.91. The van der Waals surface area contributed by atoms with Crippen LogP contribution in [0.25, 0.3) is 0 Å². The molecule has 0 aromatic heterocycles. The van der Waals surface area contributed by atoms with E-state index in [1.807, 2.05) is 11.9 Å². The molecule has 2 N–H and O–H groups in total. The van der Waals surface area contributed by atoms with Gasteiger partial charge in [0.25, 0.3) is 5.91 Å². The van der Waals surface area contributed by atoms with Crippen LogP contribution in [-0.4, -0.2) is 61.6 Å². The summed E-state index contributed by atoms with van der Waals surface area (Å²) in [6.07, 6.45) is 0. The molecule has 1 aliphatic rings. The number of hydrogen-bond acceptors (Lipinski definition) is 4. The van der Waals surface area contributed by atoms with Crippen LogP contribution < -0.4 is 10.5 Å². The summed E-state index contributed by atoms with van der Waals surface area (Å²) in [5, 5.41) is 0.592. The largest absolute Gasteiger partial charge is 0.484 e. The summed E-state index contributed by atoms with van der Waals surface area (Å²) in [6.45, 7) is 2.84. The lowest BCUT2D eigenvalue weighted by molar-refractivity contribution is -0.137. The lowest BCUT2D eigenvalue weighted by Crippen LogP contribution is -2.57. The molecule has 1 saturated heterocycles. The Kier molecular flexibility index (Phi) is 5.23. The minimum atomic E-state index is -0.0338. The molecule has 1 heterocycles. The van der Waals surface area contributed by atoms with Gasteiger partial charge in [0.1, 0.15) is 5.75 Å². The van der Waals surface area contributed by atoms with Gasteiger partial charge in [-0.2, -0.15) is 0 Å². The third-order valence-electron chi connectivity index (χ3n) is 3.44. The Morgan fingerprint density at radius 1 is 1.50 bits per heavy atom. The van der Waals surface area contributed by atoms with Gasteiger partial charge in [0, 0.05) is 31.2 Å². The zero-order valence-electron chi connectivity index (χ0n) is 11.6. The smallest absolute Gasteiger partial charge is 0.260 e. The van der Waals surface area contributed by atoms with Crippen LogP contribution in [0.5, 0.6) is 5.75 Å². The van der Waals surface area contributed by atoms with Gasteiger partial charge in [-0.25, -0.2) is 0 Å². The second-order valence-corrected chi connectivity index (χ2v) is 5.42. The number of nitrogens with zero attached hydrogens (tertiary/aromatic N) is 2. The number of piperazine rings is 1. The number of hydrogen-bond donors (Lipinski definition) is 1. The minimum absolute atomic E-state index is 0.0144. The minimum Gasteiger partial charge on any atom is -0.484 e. The van der Waals surface area contributed by atoms with Gasteiger partial charge in [-0.15, -0.1) is 0 Å². The van der Waals surface area contributed by atoms with E-state index in [9.17, 15) is 4.79 Å². The summed E-state index contributed by atoms with van der Waals surface area (Å²) >= 11 is 5.87. The van der Waals surface area contributed by atoms with Gasteiger partial charge >= 0.3 is 0 Å². The van der Waals surface area contributed by atoms with Gasteiger partial charge in [-0.05, 0) is 25.2 Å². The van der Waals surface area contributed by atoms with Gasteiger partial charge in [-0.1, -0.05) is 17.7 Å². The van der Waals surface area contributed by atoms with Crippen molar-refractivity contribution in [3.8, 4) is 5.75 Å². The van der Waals surface area contributed by atoms with Crippen molar-refractivity contribution < 1.29 is 9.53 Å². The zero-order chi connectivity index (χ0) is 14.5. The van der Waals surface area contributed by atoms with Crippen LogP contribution in [0.3, 0.4) is 0 Å². The third-order valence-corrected chi connectivity index (χ3v) is 3.67. The molecule has 20 heavy (non-hydrogen) atoms. The molecule has 1 fully saturated rings. The van der Waals surface area contributed by atoms with Crippen molar-refractivity contribution in [2.75, 3.05) is 39.8 Å². The molecule has 6 heteroatoms. The quantitative estimate of drug-likeness (QED) is 0.894. The topological polar surface area (TPSA) is 58.8 Å². The molecule has 1 aromatic rings. The van der Waals surface area contributed by atoms with Crippen molar-refractivity contribution in [2.45, 2.75) is 6.04 Å². The van der Waals surface area contributed by atoms with Crippen LogP contribution in [0.4, 0.5) is 0 Å². The monoisotopic (exact) mass is 297 g/mol. The van der Waals surface area contributed by atoms with E-state index >= 15 is 0 Å². The average molecular weight is 298 g/mol. The lowest BCUT2D eigenvalue weighted by atomic mass is 10.1. The van der Waals surface area contributed by atoms with E-state index in [4.69, 9.17) is 22.1 Å². The number of carbonyl (C=O) groups excluding carboxylic acids is 1. The molecule has 0 bridgehead atoms. The molecule has 2 rings (SSSR count). The summed E-state index contributed by atoms with van der Waals surface area (Å²) in [5.74, 6) is 0.567. The molecule has 5 nitrogen and oxygen atoms in total. The molecule has 0 radical (unpaired) electrons. The molecular weight excluding hydrogens is 278 g/mol. The van der Waals surface area contributed by atoms with E-state index in [1.54, 1.807) is 24.3 Å². The highest BCUT2D eigenvalue weighted by Crippen LogP contribution is 2.17. The van der Waals surface area contributed by atoms with Crippen LogP contribution >= 0.6 is 11.6 Å². The molecule has 110 valence electrons. The van der Waals surface area contributed by atoms with Crippen LogP contribution in [0.15, 0.2) is 24.3 Å². The number of nitrogens with two attached hydrogens (primary N) is 1. The van der Waals surface area contributed by atoms with Crippen molar-refractivity contribution in [1.82, 2.24) is 9.80 Å². The number of halogens is 1. The summed E-state index contributed by atoms with van der Waals surface area (Å²) in [7, 11) is 2.03. The highest BCUT2D eigenvalue weighted by molar-refractivity contribution is 6.30. The summed E-state index contributed by atoms with van der Waals surface area (Å²) in [6, 6.07) is 7.09. The highest BCUT2D eigenvalue weighted by Gasteiger charge is 2.28. The van der Waals surface area contributed by atoms with Crippen LogP contribution in [0.1, 0.15) is 0 Å². The molecular formula is C14H20ClN3O2. The van der Waals surface area contributed by atoms with Crippen molar-refractivity contribution in [3.05, 3.63) is 29.3 Å². The normalized spacial score (nSPS) is 19.9. The molecule has 1 atom stereocenters. The zero-order valence-corrected chi connectivity index (χ0v) is 12.3. The number of rotatable bonds is 4. The Morgan fingerprint density at radius 2 is 2.30 bits per heavy atom. The molecule has 1 unspecified atom stereocenters. The van der Waals surface area contributed by atoms with E-state index in [0.717, 1.165) is 13.1 Å². The van der Waals surface area contributed by atoms with Crippen molar-refractivity contribution in [3.63, 3.8) is 0 Å². The van der Waals surface area contributed by atoms with E-state index in [0.29, 0.717) is 23.9 Å². The van der Waals surface area contributed by atoms with Gasteiger partial charge in [0.2, 0.25) is 0 Å². The van der Waals surface area contributed by atoms with Crippen molar-refractivity contribution in [1.29, 1.82) is 0 Å². The number of benzene rings is 1. The third kappa shape index (κ3) is 3.85. The van der Waals surface area contributed by atoms with Crippen molar-refractivity contribution in [2.24, 2.45) is 5.73 Å². The summed E-state index contributed by atoms with van der Waals surface area (Å²) < 4.78 is 5.49. The van der Waals surface area contributed by atoms with E-state index in [1.165, 1.54) is 0 Å². The molecule has 1 amide bonds. The Hall–Kier alpha value is -1.30. The Labute approximate surface area is 124 Å². The first kappa shape index (κ1) is 15.1. The molecule has 1 aromatic carbocycles. The van der Waals surface area contributed by atoms with E-state index in [-0.39, 0.29) is 18.6 Å². The Bertz CT molecular complexity index is 469. The van der Waals surface area contributed by atoms with Gasteiger partial charge in [0.05, 0.1) is 6.04 Å². The number of ether oxygens (including phenoxy) is 1. The maximum absolute atomic E-state index is 12.2. The predicted octanol–water partition coefficient (Wildman–Crippen LogP) is 0.820. The number of amides is 1. The van der Waals surface area contributed by atoms with Gasteiger partial charge in [0.15, 0.2) is 6.61 Å².